The lowest BCUT2D eigenvalue weighted by Crippen LogP contribution is -2.19. The molecule has 6 nitrogen and oxygen atoms in total. The predicted octanol–water partition coefficient (Wildman–Crippen LogP) is 2.70. The largest absolute Gasteiger partial charge is 0.492 e. The molecule has 1 heterocycles. The van der Waals surface area contributed by atoms with Crippen molar-refractivity contribution in [2.45, 2.75) is 12.7 Å². The lowest BCUT2D eigenvalue weighted by atomic mass is 10.2. The van der Waals surface area contributed by atoms with Crippen LogP contribution in [0.15, 0.2) is 18.3 Å². The van der Waals surface area contributed by atoms with E-state index in [0.29, 0.717) is 5.39 Å². The van der Waals surface area contributed by atoms with Gasteiger partial charge in [0.1, 0.15) is 12.1 Å². The van der Waals surface area contributed by atoms with Crippen molar-refractivity contribution in [2.24, 2.45) is 0 Å². The third kappa shape index (κ3) is 2.76. The third-order valence-electron chi connectivity index (χ3n) is 2.53. The Morgan fingerprint density at radius 1 is 1.50 bits per heavy atom. The summed E-state index contributed by atoms with van der Waals surface area (Å²) in [5, 5.41) is 14.8. The van der Waals surface area contributed by atoms with Gasteiger partial charge in [0, 0.05) is 5.39 Å². The van der Waals surface area contributed by atoms with Crippen molar-refractivity contribution in [3.05, 3.63) is 18.3 Å². The van der Waals surface area contributed by atoms with E-state index < -0.39 is 18.8 Å². The number of methoxy groups -OCH3 is 1. The first-order valence-corrected chi connectivity index (χ1v) is 5.41. The van der Waals surface area contributed by atoms with Gasteiger partial charge in [0.05, 0.1) is 19.0 Å². The van der Waals surface area contributed by atoms with E-state index in [9.17, 15) is 18.0 Å². The van der Waals surface area contributed by atoms with Crippen LogP contribution in [0.25, 0.3) is 10.9 Å². The van der Waals surface area contributed by atoms with Crippen LogP contribution in [0.3, 0.4) is 0 Å². The molecule has 2 rings (SSSR count). The molecule has 0 atom stereocenters. The quantitative estimate of drug-likeness (QED) is 0.910. The van der Waals surface area contributed by atoms with E-state index in [1.807, 2.05) is 0 Å². The summed E-state index contributed by atoms with van der Waals surface area (Å²) in [6.07, 6.45) is -4.53. The smallest absolute Gasteiger partial charge is 0.409 e. The lowest BCUT2D eigenvalue weighted by molar-refractivity contribution is -0.141. The molecule has 1 aromatic carbocycles. The number of nitrogens with one attached hydrogen (secondary N) is 1. The number of rotatable bonds is 3. The topological polar surface area (TPSA) is 76.4 Å². The summed E-state index contributed by atoms with van der Waals surface area (Å²) in [5.74, 6) is -0.00773. The molecule has 0 aliphatic heterocycles. The van der Waals surface area contributed by atoms with E-state index in [1.54, 1.807) is 0 Å². The first-order valence-electron chi connectivity index (χ1n) is 5.41. The van der Waals surface area contributed by atoms with Crippen molar-refractivity contribution < 1.29 is 27.8 Å². The van der Waals surface area contributed by atoms with Crippen molar-refractivity contribution in [2.75, 3.05) is 12.4 Å². The van der Waals surface area contributed by atoms with E-state index in [1.165, 1.54) is 25.4 Å². The molecule has 0 aliphatic carbocycles. The molecule has 1 aromatic heterocycles. The first kappa shape index (κ1) is 14.0. The van der Waals surface area contributed by atoms with Crippen LogP contribution in [-0.4, -0.2) is 34.3 Å². The van der Waals surface area contributed by atoms with Crippen LogP contribution in [0.5, 0.6) is 5.75 Å². The summed E-state index contributed by atoms with van der Waals surface area (Å²) in [4.78, 5) is 10.7. The number of benzene rings is 1. The summed E-state index contributed by atoms with van der Waals surface area (Å²) >= 11 is 0. The van der Waals surface area contributed by atoms with Crippen LogP contribution in [0.2, 0.25) is 0 Å². The number of anilines is 1. The maximum absolute atomic E-state index is 12.5. The molecule has 0 saturated carbocycles. The third-order valence-corrected chi connectivity index (χ3v) is 2.53. The monoisotopic (exact) mass is 289 g/mol. The van der Waals surface area contributed by atoms with E-state index >= 15 is 0 Å². The number of hydrogen-bond donors (Lipinski definition) is 2. The summed E-state index contributed by atoms with van der Waals surface area (Å²) in [6.45, 7) is -1.29. The van der Waals surface area contributed by atoms with Crippen molar-refractivity contribution in [1.82, 2.24) is 9.78 Å². The molecule has 2 N–H and O–H groups in total. The zero-order chi connectivity index (χ0) is 14.9. The maximum Gasteiger partial charge on any atom is 0.409 e. The fraction of sp³-hybridized carbons (Fsp3) is 0.273. The molecule has 0 saturated heterocycles. The Hall–Kier alpha value is -2.45. The minimum Gasteiger partial charge on any atom is -0.492 e. The van der Waals surface area contributed by atoms with Gasteiger partial charge in [-0.25, -0.2) is 4.79 Å². The number of carbonyl (C=O) groups is 1. The molecule has 0 unspecified atom stereocenters. The lowest BCUT2D eigenvalue weighted by Gasteiger charge is -2.13. The number of halogens is 3. The van der Waals surface area contributed by atoms with Gasteiger partial charge in [0.2, 0.25) is 0 Å². The van der Waals surface area contributed by atoms with Crippen LogP contribution in [0, 0.1) is 0 Å². The summed E-state index contributed by atoms with van der Waals surface area (Å²) in [5.41, 5.74) is 0.132. The summed E-state index contributed by atoms with van der Waals surface area (Å²) in [7, 11) is 1.24. The van der Waals surface area contributed by atoms with Crippen LogP contribution in [0.4, 0.5) is 23.7 Å². The Bertz CT molecular complexity index is 651. The fourth-order valence-corrected chi connectivity index (χ4v) is 1.86. The highest BCUT2D eigenvalue weighted by Gasteiger charge is 2.30. The van der Waals surface area contributed by atoms with Gasteiger partial charge in [-0.1, -0.05) is 0 Å². The Labute approximate surface area is 110 Å². The molecule has 0 radical (unpaired) electrons. The molecule has 2 aromatic rings. The van der Waals surface area contributed by atoms with E-state index in [-0.39, 0.29) is 17.0 Å². The predicted molar refractivity (Wildman–Crippen MR) is 64.0 cm³/mol. The normalized spacial score (nSPS) is 11.6. The minimum absolute atomic E-state index is 0.00773. The standard InChI is InChI=1S/C11H10F3N3O3/c1-20-9-7(16-10(18)19)3-2-6-4-15-17(8(6)9)5-11(12,13)14/h2-4,16H,5H2,1H3,(H,18,19). The molecule has 1 amide bonds. The zero-order valence-corrected chi connectivity index (χ0v) is 10.2. The maximum atomic E-state index is 12.5. The average Bonchev–Trinajstić information content (AvgIpc) is 2.69. The molecule has 0 aliphatic rings. The van der Waals surface area contributed by atoms with Gasteiger partial charge in [-0.05, 0) is 12.1 Å². The number of aromatic nitrogens is 2. The Morgan fingerprint density at radius 2 is 2.20 bits per heavy atom. The molecule has 108 valence electrons. The highest BCUT2D eigenvalue weighted by molar-refractivity contribution is 5.95. The number of ether oxygens (including phenoxy) is 1. The number of nitrogens with zero attached hydrogens (tertiary/aromatic N) is 2. The summed E-state index contributed by atoms with van der Waals surface area (Å²) in [6, 6.07) is 2.86. The van der Waals surface area contributed by atoms with Gasteiger partial charge in [-0.3, -0.25) is 10.00 Å². The number of carboxylic acid groups (broad SMARTS) is 1. The molecule has 0 spiro atoms. The molecule has 0 bridgehead atoms. The number of amides is 1. The Balaban J connectivity index is 2.59. The molecular formula is C11H10F3N3O3. The van der Waals surface area contributed by atoms with Gasteiger partial charge in [-0.2, -0.15) is 18.3 Å². The van der Waals surface area contributed by atoms with Gasteiger partial charge >= 0.3 is 12.3 Å². The molecule has 9 heteroatoms. The van der Waals surface area contributed by atoms with Gasteiger partial charge in [0.25, 0.3) is 0 Å². The SMILES string of the molecule is COc1c(NC(=O)O)ccc2cnn(CC(F)(F)F)c12. The van der Waals surface area contributed by atoms with Crippen molar-refractivity contribution in [3.8, 4) is 5.75 Å². The molecular weight excluding hydrogens is 279 g/mol. The number of fused-ring (bicyclic) bond motifs is 1. The fourth-order valence-electron chi connectivity index (χ4n) is 1.86. The van der Waals surface area contributed by atoms with Gasteiger partial charge < -0.3 is 9.84 Å². The van der Waals surface area contributed by atoms with E-state index in [4.69, 9.17) is 9.84 Å². The second kappa shape index (κ2) is 4.91. The van der Waals surface area contributed by atoms with E-state index in [2.05, 4.69) is 10.4 Å². The first-order chi connectivity index (χ1) is 9.31. The zero-order valence-electron chi connectivity index (χ0n) is 10.2. The highest BCUT2D eigenvalue weighted by Crippen LogP contribution is 2.34. The highest BCUT2D eigenvalue weighted by atomic mass is 19.4. The van der Waals surface area contributed by atoms with Crippen LogP contribution >= 0.6 is 0 Å². The number of alkyl halides is 3. The van der Waals surface area contributed by atoms with Crippen LogP contribution < -0.4 is 10.1 Å². The van der Waals surface area contributed by atoms with Gasteiger partial charge in [0.15, 0.2) is 5.75 Å². The van der Waals surface area contributed by atoms with Crippen LogP contribution in [-0.2, 0) is 6.54 Å². The Morgan fingerprint density at radius 3 is 2.75 bits per heavy atom. The number of hydrogen-bond acceptors (Lipinski definition) is 3. The minimum atomic E-state index is -4.44. The second-order valence-electron chi connectivity index (χ2n) is 3.93. The van der Waals surface area contributed by atoms with Crippen molar-refractivity contribution in [3.63, 3.8) is 0 Å². The van der Waals surface area contributed by atoms with Crippen LogP contribution in [0.1, 0.15) is 0 Å². The molecule has 20 heavy (non-hydrogen) atoms. The van der Waals surface area contributed by atoms with Crippen molar-refractivity contribution >= 4 is 22.7 Å². The summed E-state index contributed by atoms with van der Waals surface area (Å²) < 4.78 is 43.2. The van der Waals surface area contributed by atoms with E-state index in [0.717, 1.165) is 4.68 Å². The average molecular weight is 289 g/mol. The van der Waals surface area contributed by atoms with Crippen molar-refractivity contribution in [1.29, 1.82) is 0 Å². The Kier molecular flexibility index (Phi) is 3.43. The molecule has 0 fully saturated rings. The second-order valence-corrected chi connectivity index (χ2v) is 3.93. The van der Waals surface area contributed by atoms with Gasteiger partial charge in [-0.15, -0.1) is 0 Å².